The molecule has 0 spiro atoms. The highest BCUT2D eigenvalue weighted by atomic mass is 32.1. The van der Waals surface area contributed by atoms with Crippen molar-refractivity contribution in [3.05, 3.63) is 52.2 Å². The lowest BCUT2D eigenvalue weighted by Crippen LogP contribution is -2.27. The topological polar surface area (TPSA) is 67.4 Å². The van der Waals surface area contributed by atoms with Gasteiger partial charge in [-0.3, -0.25) is 0 Å². The van der Waals surface area contributed by atoms with Crippen LogP contribution in [-0.2, 0) is 11.3 Å². The number of esters is 1. The van der Waals surface area contributed by atoms with Gasteiger partial charge in [0, 0.05) is 10.6 Å². The second kappa shape index (κ2) is 7.44. The lowest BCUT2D eigenvalue weighted by Gasteiger charge is -2.08. The van der Waals surface area contributed by atoms with Gasteiger partial charge in [0.25, 0.3) is 0 Å². The number of rotatable bonds is 5. The van der Waals surface area contributed by atoms with E-state index in [0.29, 0.717) is 24.4 Å². The first-order chi connectivity index (χ1) is 10.2. The van der Waals surface area contributed by atoms with E-state index in [1.54, 1.807) is 42.5 Å². The maximum absolute atomic E-state index is 11.8. The molecule has 0 fully saturated rings. The van der Waals surface area contributed by atoms with Gasteiger partial charge in [-0.2, -0.15) is 0 Å². The first kappa shape index (κ1) is 15.1. The molecular weight excluding hydrogens is 288 g/mol. The average molecular weight is 304 g/mol. The summed E-state index contributed by atoms with van der Waals surface area (Å²) < 4.78 is 4.92. The minimum atomic E-state index is -0.403. The molecule has 2 aromatic rings. The third kappa shape index (κ3) is 4.61. The summed E-state index contributed by atoms with van der Waals surface area (Å²) in [6.45, 7) is 2.54. The highest BCUT2D eigenvalue weighted by Gasteiger charge is 2.08. The Kier molecular flexibility index (Phi) is 5.34. The molecular formula is C15H16N2O3S. The van der Waals surface area contributed by atoms with Crippen molar-refractivity contribution in [1.29, 1.82) is 0 Å². The van der Waals surface area contributed by atoms with Crippen molar-refractivity contribution in [1.82, 2.24) is 5.32 Å². The van der Waals surface area contributed by atoms with Gasteiger partial charge in [-0.15, -0.1) is 11.3 Å². The number of carbonyl (C=O) groups is 2. The van der Waals surface area contributed by atoms with Crippen LogP contribution in [0, 0.1) is 0 Å². The highest BCUT2D eigenvalue weighted by Crippen LogP contribution is 2.12. The molecule has 0 atom stereocenters. The summed E-state index contributed by atoms with van der Waals surface area (Å²) in [5.74, 6) is -0.403. The van der Waals surface area contributed by atoms with E-state index in [9.17, 15) is 9.59 Å². The number of amides is 2. The number of ether oxygens (including phenoxy) is 1. The molecule has 110 valence electrons. The minimum Gasteiger partial charge on any atom is -0.462 e. The van der Waals surface area contributed by atoms with Crippen molar-refractivity contribution in [2.24, 2.45) is 0 Å². The van der Waals surface area contributed by atoms with Crippen LogP contribution >= 0.6 is 11.3 Å². The third-order valence-corrected chi connectivity index (χ3v) is 3.51. The first-order valence-corrected chi connectivity index (χ1v) is 7.41. The lowest BCUT2D eigenvalue weighted by molar-refractivity contribution is 0.0526. The molecule has 0 saturated heterocycles. The Bertz CT molecular complexity index is 611. The van der Waals surface area contributed by atoms with Gasteiger partial charge in [0.05, 0.1) is 18.7 Å². The van der Waals surface area contributed by atoms with E-state index in [2.05, 4.69) is 10.6 Å². The number of benzene rings is 1. The van der Waals surface area contributed by atoms with E-state index in [1.807, 2.05) is 17.5 Å². The van der Waals surface area contributed by atoms with E-state index in [1.165, 1.54) is 0 Å². The molecule has 2 amide bonds. The van der Waals surface area contributed by atoms with Gasteiger partial charge >= 0.3 is 12.0 Å². The van der Waals surface area contributed by atoms with Crippen LogP contribution in [0.15, 0.2) is 41.8 Å². The summed E-state index contributed by atoms with van der Waals surface area (Å²) in [7, 11) is 0. The number of thiophene rings is 1. The van der Waals surface area contributed by atoms with E-state index in [-0.39, 0.29) is 6.03 Å². The Morgan fingerprint density at radius 2 is 2.10 bits per heavy atom. The van der Waals surface area contributed by atoms with Gasteiger partial charge in [-0.05, 0) is 36.6 Å². The summed E-state index contributed by atoms with van der Waals surface area (Å²) in [4.78, 5) is 24.5. The van der Waals surface area contributed by atoms with Crippen LogP contribution in [0.4, 0.5) is 10.5 Å². The Labute approximate surface area is 126 Å². The first-order valence-electron chi connectivity index (χ1n) is 6.53. The zero-order chi connectivity index (χ0) is 15.1. The van der Waals surface area contributed by atoms with Gasteiger partial charge < -0.3 is 15.4 Å². The normalized spacial score (nSPS) is 9.95. The summed E-state index contributed by atoms with van der Waals surface area (Å²) >= 11 is 1.58. The van der Waals surface area contributed by atoms with Crippen LogP contribution in [0.2, 0.25) is 0 Å². The Hall–Kier alpha value is -2.34. The molecule has 2 rings (SSSR count). The van der Waals surface area contributed by atoms with Crippen LogP contribution in [0.1, 0.15) is 22.2 Å². The molecule has 0 saturated carbocycles. The molecule has 0 unspecified atom stereocenters. The van der Waals surface area contributed by atoms with E-state index in [0.717, 1.165) is 4.88 Å². The quantitative estimate of drug-likeness (QED) is 0.833. The highest BCUT2D eigenvalue weighted by molar-refractivity contribution is 7.09. The van der Waals surface area contributed by atoms with Gasteiger partial charge in [-0.1, -0.05) is 12.1 Å². The summed E-state index contributed by atoms with van der Waals surface area (Å²) in [6.07, 6.45) is 0. The van der Waals surface area contributed by atoms with E-state index < -0.39 is 5.97 Å². The predicted octanol–water partition coefficient (Wildman–Crippen LogP) is 3.25. The van der Waals surface area contributed by atoms with Gasteiger partial charge in [0.2, 0.25) is 0 Å². The molecule has 21 heavy (non-hydrogen) atoms. The molecule has 0 bridgehead atoms. The maximum atomic E-state index is 11.8. The van der Waals surface area contributed by atoms with Crippen LogP contribution in [0.25, 0.3) is 0 Å². The Balaban J connectivity index is 1.91. The van der Waals surface area contributed by atoms with Gasteiger partial charge in [0.1, 0.15) is 0 Å². The second-order valence-electron chi connectivity index (χ2n) is 4.19. The van der Waals surface area contributed by atoms with Crippen molar-refractivity contribution in [3.63, 3.8) is 0 Å². The Morgan fingerprint density at radius 1 is 1.24 bits per heavy atom. The zero-order valence-corrected chi connectivity index (χ0v) is 12.4. The number of carbonyl (C=O) groups excluding carboxylic acids is 2. The molecule has 0 radical (unpaired) electrons. The monoisotopic (exact) mass is 304 g/mol. The summed E-state index contributed by atoms with van der Waals surface area (Å²) in [5.41, 5.74) is 0.956. The number of nitrogens with one attached hydrogen (secondary N) is 2. The van der Waals surface area contributed by atoms with E-state index >= 15 is 0 Å². The smallest absolute Gasteiger partial charge is 0.338 e. The molecule has 1 aromatic heterocycles. The minimum absolute atomic E-state index is 0.315. The standard InChI is InChI=1S/C15H16N2O3S/c1-2-20-14(18)11-5-3-6-12(9-11)17-15(19)16-10-13-7-4-8-21-13/h3-9H,2,10H2,1H3,(H2,16,17,19). The third-order valence-electron chi connectivity index (χ3n) is 2.63. The lowest BCUT2D eigenvalue weighted by atomic mass is 10.2. The molecule has 0 aliphatic heterocycles. The number of hydrogen-bond acceptors (Lipinski definition) is 4. The maximum Gasteiger partial charge on any atom is 0.338 e. The van der Waals surface area contributed by atoms with Crippen molar-refractivity contribution < 1.29 is 14.3 Å². The number of urea groups is 1. The van der Waals surface area contributed by atoms with Crippen molar-refractivity contribution in [2.45, 2.75) is 13.5 Å². The Morgan fingerprint density at radius 3 is 2.81 bits per heavy atom. The van der Waals surface area contributed by atoms with Crippen LogP contribution in [-0.4, -0.2) is 18.6 Å². The molecule has 0 aliphatic carbocycles. The second-order valence-corrected chi connectivity index (χ2v) is 5.22. The molecule has 1 aromatic carbocycles. The summed E-state index contributed by atoms with van der Waals surface area (Å²) in [5, 5.41) is 7.40. The van der Waals surface area contributed by atoms with Gasteiger partial charge in [-0.25, -0.2) is 9.59 Å². The van der Waals surface area contributed by atoms with Crippen molar-refractivity contribution in [2.75, 3.05) is 11.9 Å². The largest absolute Gasteiger partial charge is 0.462 e. The van der Waals surface area contributed by atoms with Crippen molar-refractivity contribution in [3.8, 4) is 0 Å². The van der Waals surface area contributed by atoms with Crippen LogP contribution in [0.5, 0.6) is 0 Å². The molecule has 1 heterocycles. The zero-order valence-electron chi connectivity index (χ0n) is 11.6. The molecule has 6 heteroatoms. The fourth-order valence-electron chi connectivity index (χ4n) is 1.69. The fraction of sp³-hybridized carbons (Fsp3) is 0.200. The van der Waals surface area contributed by atoms with Crippen LogP contribution in [0.3, 0.4) is 0 Å². The van der Waals surface area contributed by atoms with Crippen molar-refractivity contribution >= 4 is 29.0 Å². The fourth-order valence-corrected chi connectivity index (χ4v) is 2.34. The van der Waals surface area contributed by atoms with Gasteiger partial charge in [0.15, 0.2) is 0 Å². The van der Waals surface area contributed by atoms with E-state index in [4.69, 9.17) is 4.74 Å². The SMILES string of the molecule is CCOC(=O)c1cccc(NC(=O)NCc2cccs2)c1. The molecule has 0 aliphatic rings. The number of hydrogen-bond donors (Lipinski definition) is 2. The average Bonchev–Trinajstić information content (AvgIpc) is 2.99. The predicted molar refractivity (Wildman–Crippen MR) is 82.6 cm³/mol. The molecule has 5 nitrogen and oxygen atoms in total. The summed E-state index contributed by atoms with van der Waals surface area (Å²) in [6, 6.07) is 10.2. The molecule has 2 N–H and O–H groups in total. The number of anilines is 1. The van der Waals surface area contributed by atoms with Crippen LogP contribution < -0.4 is 10.6 Å².